The number of halogens is 1. The van der Waals surface area contributed by atoms with Gasteiger partial charge < -0.3 is 11.1 Å². The summed E-state index contributed by atoms with van der Waals surface area (Å²) in [4.78, 5) is 12.8. The molecule has 0 saturated carbocycles. The second kappa shape index (κ2) is 12.7. The molecule has 0 atom stereocenters. The summed E-state index contributed by atoms with van der Waals surface area (Å²) >= 11 is 0. The van der Waals surface area contributed by atoms with Crippen molar-refractivity contribution < 1.29 is 0 Å². The van der Waals surface area contributed by atoms with E-state index >= 15 is 0 Å². The maximum absolute atomic E-state index is 5.92. The molecule has 6 nitrogen and oxygen atoms in total. The Bertz CT molecular complexity index is 612. The SMILES string of the molecule is CCCCCCCCNC(N)=NCc1ccnc(-n2ccnc2)c1.I. The summed E-state index contributed by atoms with van der Waals surface area (Å²) < 4.78 is 1.87. The number of hydrogen-bond acceptors (Lipinski definition) is 3. The van der Waals surface area contributed by atoms with Crippen LogP contribution in [0, 0.1) is 0 Å². The number of guanidine groups is 1. The minimum atomic E-state index is 0. The molecule has 0 unspecified atom stereocenters. The van der Waals surface area contributed by atoms with E-state index in [-0.39, 0.29) is 24.0 Å². The number of nitrogens with one attached hydrogen (secondary N) is 1. The molecule has 2 aromatic heterocycles. The quantitative estimate of drug-likeness (QED) is 0.248. The number of nitrogens with zero attached hydrogens (tertiary/aromatic N) is 4. The van der Waals surface area contributed by atoms with Crippen LogP contribution < -0.4 is 11.1 Å². The van der Waals surface area contributed by atoms with E-state index < -0.39 is 0 Å². The zero-order valence-electron chi connectivity index (χ0n) is 14.9. The Balaban J connectivity index is 0.00000312. The van der Waals surface area contributed by atoms with Gasteiger partial charge >= 0.3 is 0 Å². The number of aromatic nitrogens is 3. The molecule has 0 radical (unpaired) electrons. The average Bonchev–Trinajstić information content (AvgIpc) is 3.14. The Morgan fingerprint density at radius 1 is 1.20 bits per heavy atom. The molecule has 0 saturated heterocycles. The van der Waals surface area contributed by atoms with Crippen molar-refractivity contribution in [2.75, 3.05) is 6.54 Å². The van der Waals surface area contributed by atoms with Gasteiger partial charge in [0, 0.05) is 25.1 Å². The topological polar surface area (TPSA) is 81.1 Å². The molecule has 2 rings (SSSR count). The highest BCUT2D eigenvalue weighted by molar-refractivity contribution is 14.0. The molecule has 0 fully saturated rings. The average molecular weight is 456 g/mol. The number of aliphatic imine (C=N–C) groups is 1. The van der Waals surface area contributed by atoms with Gasteiger partial charge in [0.2, 0.25) is 0 Å². The highest BCUT2D eigenvalue weighted by Gasteiger charge is 1.99. The molecular weight excluding hydrogens is 427 g/mol. The van der Waals surface area contributed by atoms with Crippen molar-refractivity contribution in [1.82, 2.24) is 19.9 Å². The maximum Gasteiger partial charge on any atom is 0.188 e. The highest BCUT2D eigenvalue weighted by Crippen LogP contribution is 2.08. The zero-order chi connectivity index (χ0) is 17.0. The van der Waals surface area contributed by atoms with Crippen molar-refractivity contribution in [2.45, 2.75) is 52.0 Å². The van der Waals surface area contributed by atoms with E-state index in [9.17, 15) is 0 Å². The number of nitrogens with two attached hydrogens (primary N) is 1. The van der Waals surface area contributed by atoms with Crippen LogP contribution in [0.5, 0.6) is 0 Å². The summed E-state index contributed by atoms with van der Waals surface area (Å²) in [6, 6.07) is 3.94. The fraction of sp³-hybridized carbons (Fsp3) is 0.500. The van der Waals surface area contributed by atoms with E-state index in [1.807, 2.05) is 22.9 Å². The van der Waals surface area contributed by atoms with Crippen molar-refractivity contribution in [2.24, 2.45) is 10.7 Å². The molecule has 0 aromatic carbocycles. The Morgan fingerprint density at radius 2 is 2.00 bits per heavy atom. The first-order chi connectivity index (χ1) is 11.8. The van der Waals surface area contributed by atoms with Gasteiger partial charge in [-0.05, 0) is 24.1 Å². The van der Waals surface area contributed by atoms with E-state index in [1.54, 1.807) is 18.7 Å². The maximum atomic E-state index is 5.92. The number of pyridine rings is 1. The predicted molar refractivity (Wildman–Crippen MR) is 113 cm³/mol. The van der Waals surface area contributed by atoms with Crippen molar-refractivity contribution >= 4 is 29.9 Å². The van der Waals surface area contributed by atoms with Gasteiger partial charge in [-0.1, -0.05) is 39.0 Å². The van der Waals surface area contributed by atoms with Crippen LogP contribution in [0.1, 0.15) is 51.0 Å². The molecule has 0 aliphatic carbocycles. The van der Waals surface area contributed by atoms with Gasteiger partial charge in [-0.25, -0.2) is 15.0 Å². The van der Waals surface area contributed by atoms with Crippen molar-refractivity contribution in [1.29, 1.82) is 0 Å². The van der Waals surface area contributed by atoms with Crippen LogP contribution in [0.4, 0.5) is 0 Å². The van der Waals surface area contributed by atoms with Gasteiger partial charge in [-0.3, -0.25) is 4.57 Å². The third kappa shape index (κ3) is 8.33. The van der Waals surface area contributed by atoms with Crippen LogP contribution in [0.3, 0.4) is 0 Å². The molecule has 3 N–H and O–H groups in total. The van der Waals surface area contributed by atoms with E-state index in [0.717, 1.165) is 24.3 Å². The standard InChI is InChI=1S/C18H28N6.HI/c1-2-3-4-5-6-7-9-22-18(19)23-14-16-8-10-21-17(13-16)24-12-11-20-15-24;/h8,10-13,15H,2-7,9,14H2,1H3,(H3,19,22,23);1H. The van der Waals surface area contributed by atoms with Crippen LogP contribution >= 0.6 is 24.0 Å². The number of rotatable bonds is 10. The molecule has 0 aliphatic heterocycles. The van der Waals surface area contributed by atoms with Crippen LogP contribution in [-0.4, -0.2) is 27.0 Å². The summed E-state index contributed by atoms with van der Waals surface area (Å²) in [6.07, 6.45) is 14.8. The fourth-order valence-corrected chi connectivity index (χ4v) is 2.45. The zero-order valence-corrected chi connectivity index (χ0v) is 17.2. The summed E-state index contributed by atoms with van der Waals surface area (Å²) in [7, 11) is 0. The minimum Gasteiger partial charge on any atom is -0.370 e. The molecule has 0 bridgehead atoms. The van der Waals surface area contributed by atoms with Gasteiger partial charge in [0.15, 0.2) is 5.96 Å². The Hall–Kier alpha value is -1.64. The van der Waals surface area contributed by atoms with E-state index in [4.69, 9.17) is 5.73 Å². The molecule has 25 heavy (non-hydrogen) atoms. The lowest BCUT2D eigenvalue weighted by molar-refractivity contribution is 0.601. The third-order valence-electron chi connectivity index (χ3n) is 3.85. The Morgan fingerprint density at radius 3 is 2.76 bits per heavy atom. The second-order valence-electron chi connectivity index (χ2n) is 5.89. The molecule has 0 amide bonds. The normalized spacial score (nSPS) is 11.2. The number of unbranched alkanes of at least 4 members (excludes halogenated alkanes) is 5. The summed E-state index contributed by atoms with van der Waals surface area (Å²) in [5.74, 6) is 1.34. The smallest absolute Gasteiger partial charge is 0.188 e. The molecule has 7 heteroatoms. The van der Waals surface area contributed by atoms with E-state index in [1.165, 1.54) is 32.1 Å². The predicted octanol–water partition coefficient (Wildman–Crippen LogP) is 3.65. The van der Waals surface area contributed by atoms with Gasteiger partial charge in [0.25, 0.3) is 0 Å². The first kappa shape index (κ1) is 21.4. The molecular formula is C18H29IN6. The molecule has 2 heterocycles. The summed E-state index contributed by atoms with van der Waals surface area (Å²) in [5, 5.41) is 3.18. The van der Waals surface area contributed by atoms with Crippen molar-refractivity contribution in [3.05, 3.63) is 42.6 Å². The van der Waals surface area contributed by atoms with Crippen LogP contribution in [0.2, 0.25) is 0 Å². The molecule has 138 valence electrons. The monoisotopic (exact) mass is 456 g/mol. The van der Waals surface area contributed by atoms with Crippen LogP contribution in [0.15, 0.2) is 42.0 Å². The minimum absolute atomic E-state index is 0. The van der Waals surface area contributed by atoms with E-state index in [0.29, 0.717) is 12.5 Å². The molecule has 0 aliphatic rings. The van der Waals surface area contributed by atoms with Gasteiger partial charge in [-0.2, -0.15) is 0 Å². The van der Waals surface area contributed by atoms with Crippen LogP contribution in [-0.2, 0) is 6.54 Å². The fourth-order valence-electron chi connectivity index (χ4n) is 2.45. The lowest BCUT2D eigenvalue weighted by atomic mass is 10.1. The first-order valence-corrected chi connectivity index (χ1v) is 8.76. The number of imidazole rings is 1. The second-order valence-corrected chi connectivity index (χ2v) is 5.89. The lowest BCUT2D eigenvalue weighted by Crippen LogP contribution is -2.32. The largest absolute Gasteiger partial charge is 0.370 e. The Labute approximate surface area is 167 Å². The van der Waals surface area contributed by atoms with Crippen molar-refractivity contribution in [3.63, 3.8) is 0 Å². The van der Waals surface area contributed by atoms with Crippen molar-refractivity contribution in [3.8, 4) is 5.82 Å². The van der Waals surface area contributed by atoms with Gasteiger partial charge in [0.05, 0.1) is 6.54 Å². The lowest BCUT2D eigenvalue weighted by Gasteiger charge is -2.06. The highest BCUT2D eigenvalue weighted by atomic mass is 127. The summed E-state index contributed by atoms with van der Waals surface area (Å²) in [5.41, 5.74) is 6.99. The molecule has 2 aromatic rings. The third-order valence-corrected chi connectivity index (χ3v) is 3.85. The van der Waals surface area contributed by atoms with Gasteiger partial charge in [-0.15, -0.1) is 24.0 Å². The Kier molecular flexibility index (Phi) is 10.9. The number of hydrogen-bond donors (Lipinski definition) is 2. The van der Waals surface area contributed by atoms with Gasteiger partial charge in [0.1, 0.15) is 12.1 Å². The van der Waals surface area contributed by atoms with E-state index in [2.05, 4.69) is 27.2 Å². The first-order valence-electron chi connectivity index (χ1n) is 8.76. The summed E-state index contributed by atoms with van der Waals surface area (Å²) in [6.45, 7) is 3.66. The molecule has 0 spiro atoms. The van der Waals surface area contributed by atoms with Crippen LogP contribution in [0.25, 0.3) is 5.82 Å².